The van der Waals surface area contributed by atoms with Gasteiger partial charge in [0.25, 0.3) is 0 Å². The number of rotatable bonds is 5. The molecule has 1 atom stereocenters. The van der Waals surface area contributed by atoms with E-state index >= 15 is 0 Å². The number of H-pyrrole nitrogens is 1. The predicted molar refractivity (Wildman–Crippen MR) is 82.9 cm³/mol. The van der Waals surface area contributed by atoms with Gasteiger partial charge in [0.2, 0.25) is 5.91 Å². The molecule has 5 nitrogen and oxygen atoms in total. The maximum absolute atomic E-state index is 11.9. The van der Waals surface area contributed by atoms with Crippen LogP contribution in [0.15, 0.2) is 18.2 Å². The second-order valence-corrected chi connectivity index (χ2v) is 5.88. The Labute approximate surface area is 124 Å². The third-order valence-corrected chi connectivity index (χ3v) is 4.08. The number of aromatic amines is 1. The molecular weight excluding hydrogens is 264 g/mol. The van der Waals surface area contributed by atoms with Gasteiger partial charge in [-0.1, -0.05) is 6.07 Å². The molecule has 1 aromatic carbocycles. The first-order chi connectivity index (χ1) is 10.2. The molecule has 1 aromatic heterocycles. The molecule has 0 saturated carbocycles. The molecule has 1 unspecified atom stereocenters. The van der Waals surface area contributed by atoms with Gasteiger partial charge in [-0.3, -0.25) is 4.79 Å². The highest BCUT2D eigenvalue weighted by Crippen LogP contribution is 2.15. The minimum atomic E-state index is 0.110. The molecule has 0 spiro atoms. The van der Waals surface area contributed by atoms with Crippen molar-refractivity contribution in [2.75, 3.05) is 13.1 Å². The molecule has 3 rings (SSSR count). The van der Waals surface area contributed by atoms with E-state index in [2.05, 4.69) is 33.6 Å². The van der Waals surface area contributed by atoms with Crippen LogP contribution in [0.4, 0.5) is 0 Å². The van der Waals surface area contributed by atoms with E-state index in [1.54, 1.807) is 0 Å². The van der Waals surface area contributed by atoms with Crippen LogP contribution in [0.25, 0.3) is 11.0 Å². The molecule has 2 aromatic rings. The van der Waals surface area contributed by atoms with Gasteiger partial charge >= 0.3 is 0 Å². The van der Waals surface area contributed by atoms with Crippen molar-refractivity contribution in [3.63, 3.8) is 0 Å². The molecule has 2 heterocycles. The van der Waals surface area contributed by atoms with Gasteiger partial charge in [-0.2, -0.15) is 0 Å². The van der Waals surface area contributed by atoms with Gasteiger partial charge in [-0.15, -0.1) is 0 Å². The van der Waals surface area contributed by atoms with E-state index in [1.165, 1.54) is 12.0 Å². The summed E-state index contributed by atoms with van der Waals surface area (Å²) in [6.07, 6.45) is 2.76. The van der Waals surface area contributed by atoms with Gasteiger partial charge < -0.3 is 15.6 Å². The van der Waals surface area contributed by atoms with E-state index in [9.17, 15) is 4.79 Å². The molecule has 3 N–H and O–H groups in total. The summed E-state index contributed by atoms with van der Waals surface area (Å²) in [7, 11) is 0. The average Bonchev–Trinajstić information content (AvgIpc) is 3.11. The number of nitrogens with zero attached hydrogens (tertiary/aromatic N) is 1. The maximum atomic E-state index is 11.9. The number of imidazole rings is 1. The van der Waals surface area contributed by atoms with Crippen molar-refractivity contribution in [1.82, 2.24) is 20.6 Å². The molecule has 1 fully saturated rings. The highest BCUT2D eigenvalue weighted by Gasteiger charge is 2.15. The SMILES string of the molecule is Cc1ccc2nc(CNC(=O)CCC3CCNC3)[nH]c2c1. The number of carbonyl (C=O) groups is 1. The van der Waals surface area contributed by atoms with Crippen LogP contribution in [0.1, 0.15) is 30.7 Å². The topological polar surface area (TPSA) is 69.8 Å². The molecule has 1 aliphatic rings. The van der Waals surface area contributed by atoms with Crippen molar-refractivity contribution < 1.29 is 4.79 Å². The highest BCUT2D eigenvalue weighted by molar-refractivity contribution is 5.77. The van der Waals surface area contributed by atoms with Gasteiger partial charge in [0.1, 0.15) is 5.82 Å². The second kappa shape index (κ2) is 6.26. The fraction of sp³-hybridized carbons (Fsp3) is 0.500. The first-order valence-electron chi connectivity index (χ1n) is 7.63. The van der Waals surface area contributed by atoms with Gasteiger partial charge in [0.15, 0.2) is 0 Å². The van der Waals surface area contributed by atoms with Crippen LogP contribution in [0.5, 0.6) is 0 Å². The molecule has 21 heavy (non-hydrogen) atoms. The van der Waals surface area contributed by atoms with Crippen molar-refractivity contribution in [2.24, 2.45) is 5.92 Å². The Morgan fingerprint density at radius 3 is 3.19 bits per heavy atom. The van der Waals surface area contributed by atoms with Gasteiger partial charge in [-0.05, 0) is 56.5 Å². The number of carbonyl (C=O) groups excluding carboxylic acids is 1. The van der Waals surface area contributed by atoms with Crippen molar-refractivity contribution in [3.05, 3.63) is 29.6 Å². The van der Waals surface area contributed by atoms with Crippen LogP contribution < -0.4 is 10.6 Å². The quantitative estimate of drug-likeness (QED) is 0.786. The van der Waals surface area contributed by atoms with E-state index in [4.69, 9.17) is 0 Å². The number of fused-ring (bicyclic) bond motifs is 1. The zero-order valence-electron chi connectivity index (χ0n) is 12.4. The Morgan fingerprint density at radius 1 is 1.48 bits per heavy atom. The van der Waals surface area contributed by atoms with E-state index in [0.29, 0.717) is 18.9 Å². The monoisotopic (exact) mass is 286 g/mol. The van der Waals surface area contributed by atoms with Crippen molar-refractivity contribution >= 4 is 16.9 Å². The predicted octanol–water partition coefficient (Wildman–Crippen LogP) is 1.88. The third kappa shape index (κ3) is 3.61. The lowest BCUT2D eigenvalue weighted by Gasteiger charge is -2.07. The van der Waals surface area contributed by atoms with Crippen LogP contribution in [-0.4, -0.2) is 29.0 Å². The standard InChI is InChI=1S/C16H22N4O/c1-11-2-4-13-14(8-11)20-15(19-13)10-18-16(21)5-3-12-6-7-17-9-12/h2,4,8,12,17H,3,5-7,9-10H2,1H3,(H,18,21)(H,19,20). The first-order valence-corrected chi connectivity index (χ1v) is 7.63. The lowest BCUT2D eigenvalue weighted by molar-refractivity contribution is -0.121. The average molecular weight is 286 g/mol. The summed E-state index contributed by atoms with van der Waals surface area (Å²) in [4.78, 5) is 19.6. The van der Waals surface area contributed by atoms with Crippen molar-refractivity contribution in [1.29, 1.82) is 0 Å². The Kier molecular flexibility index (Phi) is 4.20. The fourth-order valence-electron chi connectivity index (χ4n) is 2.83. The third-order valence-electron chi connectivity index (χ3n) is 4.08. The fourth-order valence-corrected chi connectivity index (χ4v) is 2.83. The normalized spacial score (nSPS) is 18.2. The summed E-state index contributed by atoms with van der Waals surface area (Å²) in [5.41, 5.74) is 3.17. The van der Waals surface area contributed by atoms with E-state index in [-0.39, 0.29) is 5.91 Å². The molecule has 1 saturated heterocycles. The number of hydrogen-bond acceptors (Lipinski definition) is 3. The summed E-state index contributed by atoms with van der Waals surface area (Å²) in [5.74, 6) is 1.58. The minimum absolute atomic E-state index is 0.110. The Morgan fingerprint density at radius 2 is 2.38 bits per heavy atom. The molecule has 112 valence electrons. The molecule has 0 aliphatic carbocycles. The zero-order valence-corrected chi connectivity index (χ0v) is 12.4. The molecular formula is C16H22N4O. The van der Waals surface area contributed by atoms with Gasteiger partial charge in [0, 0.05) is 6.42 Å². The number of aromatic nitrogens is 2. The van der Waals surface area contributed by atoms with Crippen molar-refractivity contribution in [2.45, 2.75) is 32.7 Å². The smallest absolute Gasteiger partial charge is 0.220 e. The molecule has 0 bridgehead atoms. The highest BCUT2D eigenvalue weighted by atomic mass is 16.1. The van der Waals surface area contributed by atoms with Crippen LogP contribution in [-0.2, 0) is 11.3 Å². The number of hydrogen-bond donors (Lipinski definition) is 3. The first kappa shape index (κ1) is 14.1. The van der Waals surface area contributed by atoms with Crippen LogP contribution >= 0.6 is 0 Å². The van der Waals surface area contributed by atoms with Gasteiger partial charge in [-0.25, -0.2) is 4.98 Å². The van der Waals surface area contributed by atoms with Crippen LogP contribution in [0, 0.1) is 12.8 Å². The summed E-state index contributed by atoms with van der Waals surface area (Å²) in [6.45, 7) is 4.66. The van der Waals surface area contributed by atoms with E-state index < -0.39 is 0 Å². The zero-order chi connectivity index (χ0) is 14.7. The number of amides is 1. The number of aryl methyl sites for hydroxylation is 1. The minimum Gasteiger partial charge on any atom is -0.349 e. The Bertz CT molecular complexity index is 628. The van der Waals surface area contributed by atoms with Crippen LogP contribution in [0.2, 0.25) is 0 Å². The molecule has 1 aliphatic heterocycles. The number of benzene rings is 1. The summed E-state index contributed by atoms with van der Waals surface area (Å²) in [6, 6.07) is 6.11. The van der Waals surface area contributed by atoms with Crippen LogP contribution in [0.3, 0.4) is 0 Å². The summed E-state index contributed by atoms with van der Waals surface area (Å²) < 4.78 is 0. The largest absolute Gasteiger partial charge is 0.349 e. The van der Waals surface area contributed by atoms with E-state index in [0.717, 1.165) is 36.4 Å². The molecule has 0 radical (unpaired) electrons. The molecule has 1 amide bonds. The summed E-state index contributed by atoms with van der Waals surface area (Å²) >= 11 is 0. The maximum Gasteiger partial charge on any atom is 0.220 e. The Balaban J connectivity index is 1.49. The molecule has 5 heteroatoms. The van der Waals surface area contributed by atoms with Crippen molar-refractivity contribution in [3.8, 4) is 0 Å². The summed E-state index contributed by atoms with van der Waals surface area (Å²) in [5, 5.41) is 6.27. The second-order valence-electron chi connectivity index (χ2n) is 5.88. The lowest BCUT2D eigenvalue weighted by atomic mass is 10.0. The van der Waals surface area contributed by atoms with Gasteiger partial charge in [0.05, 0.1) is 17.6 Å². The Hall–Kier alpha value is -1.88. The number of nitrogens with one attached hydrogen (secondary N) is 3. The lowest BCUT2D eigenvalue weighted by Crippen LogP contribution is -2.24. The van der Waals surface area contributed by atoms with E-state index in [1.807, 2.05) is 12.1 Å².